The van der Waals surface area contributed by atoms with E-state index in [1.165, 1.54) is 77.2 Å². The van der Waals surface area contributed by atoms with Gasteiger partial charge in [-0.05, 0) is 22.3 Å². The number of aryl methyl sites for hydroxylation is 2. The molecule has 0 saturated heterocycles. The fourth-order valence-corrected chi connectivity index (χ4v) is 6.25. The molecule has 0 spiro atoms. The van der Waals surface area contributed by atoms with Crippen LogP contribution < -0.4 is 24.8 Å². The molecule has 0 aromatic heterocycles. The van der Waals surface area contributed by atoms with Crippen molar-refractivity contribution < 1.29 is 51.0 Å². The number of fused-ring (bicyclic) bond motifs is 2. The van der Waals surface area contributed by atoms with Crippen LogP contribution in [-0.4, -0.2) is 9.52 Å². The molecule has 0 aliphatic carbocycles. The van der Waals surface area contributed by atoms with E-state index in [1.807, 2.05) is 0 Å². The zero-order chi connectivity index (χ0) is 32.6. The van der Waals surface area contributed by atoms with Crippen molar-refractivity contribution in [3.05, 3.63) is 181 Å². The molecule has 0 atom stereocenters. The number of halogens is 2. The predicted octanol–water partition coefficient (Wildman–Crippen LogP) is 7.19. The molecule has 0 nitrogen and oxygen atoms in total. The van der Waals surface area contributed by atoms with Crippen molar-refractivity contribution in [1.82, 2.24) is 0 Å². The topological polar surface area (TPSA) is 0 Å². The first-order valence-corrected chi connectivity index (χ1v) is 18.3. The standard InChI is InChI=1S/2C22H17.C2H6Si.2ClH.Zr/c2*1-16-12-20-14-19(17-8-4-2-5-9-17)15-22(21(20)13-16)18-10-6-3-7-11-18;1-3-2;;;/h2*2-15H,1H3;1-2H3;2*1H;/q2*-1;;;;+4/p-2. The Bertz CT molecular complexity index is 2030. The minimum Gasteiger partial charge on any atom is -1.00 e. The van der Waals surface area contributed by atoms with Crippen molar-refractivity contribution in [3.63, 3.8) is 0 Å². The molecular weight excluding hydrogens is 743 g/mol. The van der Waals surface area contributed by atoms with E-state index in [9.17, 15) is 0 Å². The minimum absolute atomic E-state index is 0. The largest absolute Gasteiger partial charge is 4.00 e. The van der Waals surface area contributed by atoms with E-state index in [2.05, 4.69) is 197 Å². The molecular formula is C46H40Cl2SiZr. The van der Waals surface area contributed by atoms with Crippen LogP contribution in [0.5, 0.6) is 0 Å². The zero-order valence-electron chi connectivity index (χ0n) is 28.9. The van der Waals surface area contributed by atoms with Crippen LogP contribution in [0.4, 0.5) is 0 Å². The quantitative estimate of drug-likeness (QED) is 0.131. The third-order valence-electron chi connectivity index (χ3n) is 8.32. The van der Waals surface area contributed by atoms with Gasteiger partial charge in [-0.2, -0.15) is 12.1 Å². The van der Waals surface area contributed by atoms with E-state index in [1.54, 1.807) is 0 Å². The average Bonchev–Trinajstić information content (AvgIpc) is 3.70. The van der Waals surface area contributed by atoms with Gasteiger partial charge in [-0.3, -0.25) is 0 Å². The second-order valence-electron chi connectivity index (χ2n) is 12.1. The van der Waals surface area contributed by atoms with E-state index in [0.29, 0.717) is 0 Å². The molecule has 0 aliphatic heterocycles. The molecule has 0 N–H and O–H groups in total. The van der Waals surface area contributed by atoms with Crippen molar-refractivity contribution >= 4 is 31.1 Å². The van der Waals surface area contributed by atoms with Crippen LogP contribution in [0.1, 0.15) is 11.1 Å². The third kappa shape index (κ3) is 9.71. The number of hydrogen-bond acceptors (Lipinski definition) is 0. The first kappa shape index (κ1) is 40.6. The van der Waals surface area contributed by atoms with Crippen LogP contribution in [0.25, 0.3) is 66.1 Å². The second kappa shape index (κ2) is 19.6. The molecule has 246 valence electrons. The Hall–Kier alpha value is -3.78. The zero-order valence-corrected chi connectivity index (χ0v) is 33.9. The van der Waals surface area contributed by atoms with Gasteiger partial charge in [0.05, 0.1) is 0 Å². The molecule has 4 heteroatoms. The Morgan fingerprint density at radius 1 is 0.380 bits per heavy atom. The fourth-order valence-electron chi connectivity index (χ4n) is 6.25. The van der Waals surface area contributed by atoms with Gasteiger partial charge >= 0.3 is 26.2 Å². The Labute approximate surface area is 332 Å². The van der Waals surface area contributed by atoms with Gasteiger partial charge in [0.25, 0.3) is 0 Å². The van der Waals surface area contributed by atoms with Crippen LogP contribution in [0, 0.1) is 13.8 Å². The molecule has 0 unspecified atom stereocenters. The Kier molecular flexibility index (Phi) is 15.9. The predicted molar refractivity (Wildman–Crippen MR) is 208 cm³/mol. The number of benzene rings is 6. The monoisotopic (exact) mass is 780 g/mol. The first-order chi connectivity index (χ1) is 23.0. The summed E-state index contributed by atoms with van der Waals surface area (Å²) in [5.74, 6) is 0. The number of hydrogen-bond donors (Lipinski definition) is 0. The summed E-state index contributed by atoms with van der Waals surface area (Å²) in [7, 11) is 1.08. The van der Waals surface area contributed by atoms with Gasteiger partial charge in [0, 0.05) is 9.52 Å². The van der Waals surface area contributed by atoms with Gasteiger partial charge in [-0.1, -0.05) is 183 Å². The van der Waals surface area contributed by atoms with Crippen molar-refractivity contribution in [3.8, 4) is 44.5 Å². The molecule has 0 aliphatic rings. The van der Waals surface area contributed by atoms with Gasteiger partial charge in [0.15, 0.2) is 0 Å². The van der Waals surface area contributed by atoms with E-state index in [4.69, 9.17) is 0 Å². The smallest absolute Gasteiger partial charge is 1.00 e. The molecule has 0 saturated carbocycles. The maximum Gasteiger partial charge on any atom is 4.00 e. The summed E-state index contributed by atoms with van der Waals surface area (Å²) in [6.07, 6.45) is 0. The second-order valence-corrected chi connectivity index (χ2v) is 13.1. The molecule has 0 fully saturated rings. The average molecular weight is 783 g/mol. The maximum absolute atomic E-state index is 2.31. The van der Waals surface area contributed by atoms with Gasteiger partial charge < -0.3 is 24.8 Å². The SMILES string of the molecule is C[Si]C.Cc1cc2c(-c3ccccc3)cc(-c3ccccc3)cc2[cH-]1.Cc1cc2c(-c3ccccc3)cc(-c3ccccc3)cc2[cH-]1.[Cl-].[Cl-].[Zr+4]. The van der Waals surface area contributed by atoms with Crippen LogP contribution in [0.15, 0.2) is 170 Å². The molecule has 8 rings (SSSR count). The van der Waals surface area contributed by atoms with Crippen LogP contribution in [0.3, 0.4) is 0 Å². The summed E-state index contributed by atoms with van der Waals surface area (Å²) in [6.45, 7) is 8.63. The van der Waals surface area contributed by atoms with E-state index < -0.39 is 0 Å². The molecule has 0 heterocycles. The summed E-state index contributed by atoms with van der Waals surface area (Å²) in [5, 5.41) is 5.31. The maximum atomic E-state index is 2.31. The first-order valence-electron chi connectivity index (χ1n) is 16.3. The summed E-state index contributed by atoms with van der Waals surface area (Å²) in [5.41, 5.74) is 12.9. The minimum atomic E-state index is 0. The van der Waals surface area contributed by atoms with Crippen LogP contribution in [0.2, 0.25) is 13.1 Å². The fraction of sp³-hybridized carbons (Fsp3) is 0.0870. The molecule has 50 heavy (non-hydrogen) atoms. The van der Waals surface area contributed by atoms with Crippen molar-refractivity contribution in [2.45, 2.75) is 26.9 Å². The number of rotatable bonds is 4. The van der Waals surface area contributed by atoms with E-state index in [0.717, 1.165) is 9.52 Å². The Balaban J connectivity index is 0.000000238. The van der Waals surface area contributed by atoms with Gasteiger partial charge in [-0.25, -0.2) is 0 Å². The van der Waals surface area contributed by atoms with Crippen LogP contribution in [-0.2, 0) is 26.2 Å². The Morgan fingerprint density at radius 2 is 0.660 bits per heavy atom. The van der Waals surface area contributed by atoms with Gasteiger partial charge in [0.1, 0.15) is 0 Å². The molecule has 8 aromatic carbocycles. The molecule has 0 amide bonds. The molecule has 0 bridgehead atoms. The van der Waals surface area contributed by atoms with Crippen LogP contribution >= 0.6 is 0 Å². The van der Waals surface area contributed by atoms with Gasteiger partial charge in [-0.15, -0.1) is 56.9 Å². The van der Waals surface area contributed by atoms with E-state index >= 15 is 0 Å². The summed E-state index contributed by atoms with van der Waals surface area (Å²) >= 11 is 0. The van der Waals surface area contributed by atoms with Crippen molar-refractivity contribution in [2.75, 3.05) is 0 Å². The normalized spacial score (nSPS) is 10.0. The van der Waals surface area contributed by atoms with Crippen molar-refractivity contribution in [2.24, 2.45) is 0 Å². The third-order valence-corrected chi connectivity index (χ3v) is 8.32. The van der Waals surface area contributed by atoms with Gasteiger partial charge in [0.2, 0.25) is 0 Å². The molecule has 8 aromatic rings. The Morgan fingerprint density at radius 3 is 0.960 bits per heavy atom. The molecule has 2 radical (unpaired) electrons. The summed E-state index contributed by atoms with van der Waals surface area (Å²) in [4.78, 5) is 0. The summed E-state index contributed by atoms with van der Waals surface area (Å²) in [6, 6.07) is 60.8. The van der Waals surface area contributed by atoms with Crippen molar-refractivity contribution in [1.29, 1.82) is 0 Å². The summed E-state index contributed by atoms with van der Waals surface area (Å²) < 4.78 is 0. The van der Waals surface area contributed by atoms with E-state index in [-0.39, 0.29) is 51.0 Å².